The molecule has 132 valence electrons. The van der Waals surface area contributed by atoms with Crippen LogP contribution in [-0.2, 0) is 0 Å². The first-order valence-electron chi connectivity index (χ1n) is 8.15. The smallest absolute Gasteiger partial charge is 0.322 e. The van der Waals surface area contributed by atoms with Gasteiger partial charge in [0.05, 0.1) is 12.9 Å². The summed E-state index contributed by atoms with van der Waals surface area (Å²) in [5, 5.41) is 2.81. The summed E-state index contributed by atoms with van der Waals surface area (Å²) in [4.78, 5) is 32.1. The van der Waals surface area contributed by atoms with Crippen molar-refractivity contribution in [3.8, 4) is 5.88 Å². The van der Waals surface area contributed by atoms with Crippen molar-refractivity contribution in [3.63, 3.8) is 0 Å². The lowest BCUT2D eigenvalue weighted by molar-refractivity contribution is 0.0640. The molecule has 8 nitrogen and oxygen atoms in total. The Balaban J connectivity index is 1.56. The number of nitrogens with one attached hydrogen (secondary N) is 1. The highest BCUT2D eigenvalue weighted by atomic mass is 16.5. The van der Waals surface area contributed by atoms with Crippen LogP contribution < -0.4 is 10.1 Å². The molecule has 1 saturated heterocycles. The van der Waals surface area contributed by atoms with E-state index in [0.717, 1.165) is 0 Å². The maximum Gasteiger partial charge on any atom is 0.322 e. The molecule has 0 saturated carbocycles. The van der Waals surface area contributed by atoms with Crippen molar-refractivity contribution < 1.29 is 18.7 Å². The van der Waals surface area contributed by atoms with Gasteiger partial charge >= 0.3 is 6.03 Å². The van der Waals surface area contributed by atoms with E-state index in [1.54, 1.807) is 40.3 Å². The number of urea groups is 1. The first-order chi connectivity index (χ1) is 12.2. The summed E-state index contributed by atoms with van der Waals surface area (Å²) in [5.74, 6) is 0.551. The minimum atomic E-state index is -0.237. The minimum Gasteiger partial charge on any atom is -0.476 e. The van der Waals surface area contributed by atoms with Crippen molar-refractivity contribution >= 4 is 17.6 Å². The number of pyridine rings is 1. The maximum atomic E-state index is 12.4. The lowest BCUT2D eigenvalue weighted by Gasteiger charge is -2.34. The fourth-order valence-corrected chi connectivity index (χ4v) is 2.60. The van der Waals surface area contributed by atoms with E-state index < -0.39 is 0 Å². The van der Waals surface area contributed by atoms with Crippen LogP contribution in [0.3, 0.4) is 0 Å². The predicted octanol–water partition coefficient (Wildman–Crippen LogP) is 2.06. The third kappa shape index (κ3) is 3.90. The molecule has 0 aliphatic carbocycles. The van der Waals surface area contributed by atoms with Crippen LogP contribution in [0.4, 0.5) is 10.5 Å². The summed E-state index contributed by atoms with van der Waals surface area (Å²) in [6.07, 6.45) is 3.08. The zero-order chi connectivity index (χ0) is 17.6. The van der Waals surface area contributed by atoms with Crippen molar-refractivity contribution in [2.45, 2.75) is 6.92 Å². The third-order valence-electron chi connectivity index (χ3n) is 3.88. The van der Waals surface area contributed by atoms with E-state index >= 15 is 0 Å². The summed E-state index contributed by atoms with van der Waals surface area (Å²) >= 11 is 0. The van der Waals surface area contributed by atoms with Crippen molar-refractivity contribution in [2.24, 2.45) is 0 Å². The number of furan rings is 1. The largest absolute Gasteiger partial charge is 0.476 e. The summed E-state index contributed by atoms with van der Waals surface area (Å²) in [5.41, 5.74) is 0.531. The first kappa shape index (κ1) is 16.8. The number of nitrogens with zero attached hydrogens (tertiary/aromatic N) is 3. The number of carbonyl (C=O) groups excluding carboxylic acids is 2. The zero-order valence-electron chi connectivity index (χ0n) is 14.0. The highest BCUT2D eigenvalue weighted by Gasteiger charge is 2.26. The van der Waals surface area contributed by atoms with Gasteiger partial charge in [-0.1, -0.05) is 0 Å². The summed E-state index contributed by atoms with van der Waals surface area (Å²) in [6.45, 7) is 4.13. The van der Waals surface area contributed by atoms with Crippen LogP contribution in [0.1, 0.15) is 17.5 Å². The molecular weight excluding hydrogens is 324 g/mol. The normalized spacial score (nSPS) is 14.3. The van der Waals surface area contributed by atoms with Gasteiger partial charge in [0.2, 0.25) is 5.88 Å². The van der Waals surface area contributed by atoms with Crippen molar-refractivity contribution in [3.05, 3.63) is 42.5 Å². The quantitative estimate of drug-likeness (QED) is 0.917. The van der Waals surface area contributed by atoms with Gasteiger partial charge in [-0.15, -0.1) is 0 Å². The topological polar surface area (TPSA) is 87.9 Å². The first-order valence-corrected chi connectivity index (χ1v) is 8.15. The van der Waals surface area contributed by atoms with Crippen LogP contribution in [0.15, 0.2) is 41.1 Å². The maximum absolute atomic E-state index is 12.4. The second kappa shape index (κ2) is 7.69. The molecule has 1 aliphatic heterocycles. The van der Waals surface area contributed by atoms with Crippen molar-refractivity contribution in [2.75, 3.05) is 38.1 Å². The lowest BCUT2D eigenvalue weighted by atomic mass is 10.3. The van der Waals surface area contributed by atoms with Crippen LogP contribution in [0.25, 0.3) is 0 Å². The Kier molecular flexibility index (Phi) is 5.17. The number of hydrogen-bond acceptors (Lipinski definition) is 5. The van der Waals surface area contributed by atoms with E-state index in [2.05, 4.69) is 10.3 Å². The average Bonchev–Trinajstić information content (AvgIpc) is 3.18. The van der Waals surface area contributed by atoms with Gasteiger partial charge < -0.3 is 24.3 Å². The fourth-order valence-electron chi connectivity index (χ4n) is 2.60. The molecule has 0 spiro atoms. The Hall–Kier alpha value is -3.03. The van der Waals surface area contributed by atoms with Gasteiger partial charge in [0.25, 0.3) is 5.91 Å². The minimum absolute atomic E-state index is 0.157. The second-order valence-electron chi connectivity index (χ2n) is 5.48. The highest BCUT2D eigenvalue weighted by Crippen LogP contribution is 2.21. The third-order valence-corrected chi connectivity index (χ3v) is 3.88. The lowest BCUT2D eigenvalue weighted by Crippen LogP contribution is -2.51. The Morgan fingerprint density at radius 3 is 2.64 bits per heavy atom. The van der Waals surface area contributed by atoms with Gasteiger partial charge in [-0.3, -0.25) is 4.79 Å². The molecule has 0 atom stereocenters. The number of aromatic nitrogens is 1. The van der Waals surface area contributed by atoms with E-state index in [1.807, 2.05) is 6.92 Å². The van der Waals surface area contributed by atoms with Gasteiger partial charge in [0, 0.05) is 32.4 Å². The number of rotatable bonds is 4. The summed E-state index contributed by atoms with van der Waals surface area (Å²) in [6, 6.07) is 6.56. The van der Waals surface area contributed by atoms with Crippen LogP contribution >= 0.6 is 0 Å². The van der Waals surface area contributed by atoms with E-state index in [4.69, 9.17) is 9.15 Å². The van der Waals surface area contributed by atoms with Crippen LogP contribution in [0.5, 0.6) is 5.88 Å². The fraction of sp³-hybridized carbons (Fsp3) is 0.353. The molecule has 0 bridgehead atoms. The number of ether oxygens (including phenoxy) is 1. The molecule has 3 rings (SSSR count). The van der Waals surface area contributed by atoms with Gasteiger partial charge in [0.1, 0.15) is 5.69 Å². The average molecular weight is 344 g/mol. The zero-order valence-corrected chi connectivity index (χ0v) is 14.0. The molecule has 3 amide bonds. The Bertz CT molecular complexity index is 724. The van der Waals surface area contributed by atoms with Gasteiger partial charge in [0.15, 0.2) is 5.76 Å². The molecule has 3 heterocycles. The van der Waals surface area contributed by atoms with Crippen LogP contribution in [0, 0.1) is 0 Å². The molecular formula is C17H20N4O4. The number of amides is 3. The Labute approximate surface area is 145 Å². The van der Waals surface area contributed by atoms with Crippen LogP contribution in [-0.4, -0.2) is 59.5 Å². The van der Waals surface area contributed by atoms with E-state index in [9.17, 15) is 9.59 Å². The number of hydrogen-bond donors (Lipinski definition) is 1. The predicted molar refractivity (Wildman–Crippen MR) is 90.6 cm³/mol. The number of piperazine rings is 1. The summed E-state index contributed by atoms with van der Waals surface area (Å²) < 4.78 is 10.5. The number of carbonyl (C=O) groups is 2. The standard InChI is InChI=1S/C17H20N4O4/c1-2-24-15-13(5-3-7-18-15)19-17(23)21-10-8-20(9-11-21)16(22)14-6-4-12-25-14/h3-7,12H,2,8-11H2,1H3,(H,19,23). The van der Waals surface area contributed by atoms with Gasteiger partial charge in [-0.05, 0) is 31.2 Å². The van der Waals surface area contributed by atoms with Crippen molar-refractivity contribution in [1.29, 1.82) is 0 Å². The molecule has 2 aromatic rings. The molecule has 0 unspecified atom stereocenters. The number of anilines is 1. The van der Waals surface area contributed by atoms with E-state index in [-0.39, 0.29) is 11.9 Å². The summed E-state index contributed by atoms with van der Waals surface area (Å²) in [7, 11) is 0. The molecule has 1 aliphatic rings. The molecule has 25 heavy (non-hydrogen) atoms. The van der Waals surface area contributed by atoms with Gasteiger partial charge in [-0.2, -0.15) is 0 Å². The van der Waals surface area contributed by atoms with Gasteiger partial charge in [-0.25, -0.2) is 9.78 Å². The van der Waals surface area contributed by atoms with Crippen molar-refractivity contribution in [1.82, 2.24) is 14.8 Å². The van der Waals surface area contributed by atoms with E-state index in [0.29, 0.717) is 50.1 Å². The monoisotopic (exact) mass is 344 g/mol. The Morgan fingerprint density at radius 1 is 1.20 bits per heavy atom. The molecule has 8 heteroatoms. The molecule has 0 aromatic carbocycles. The second-order valence-corrected chi connectivity index (χ2v) is 5.48. The molecule has 1 N–H and O–H groups in total. The molecule has 2 aromatic heterocycles. The highest BCUT2D eigenvalue weighted by molar-refractivity contribution is 5.92. The van der Waals surface area contributed by atoms with E-state index in [1.165, 1.54) is 6.26 Å². The molecule has 1 fully saturated rings. The SMILES string of the molecule is CCOc1ncccc1NC(=O)N1CCN(C(=O)c2ccco2)CC1. The Morgan fingerprint density at radius 2 is 1.96 bits per heavy atom. The van der Waals surface area contributed by atoms with Crippen LogP contribution in [0.2, 0.25) is 0 Å². The molecule has 0 radical (unpaired) electrons.